The number of nitrogens with zero attached hydrogens (tertiary/aromatic N) is 2. The van der Waals surface area contributed by atoms with Gasteiger partial charge in [-0.2, -0.15) is 0 Å². The van der Waals surface area contributed by atoms with Crippen molar-refractivity contribution >= 4 is 23.4 Å². The van der Waals surface area contributed by atoms with Gasteiger partial charge in [-0.05, 0) is 12.1 Å². The van der Waals surface area contributed by atoms with Crippen LogP contribution in [0.1, 0.15) is 24.0 Å². The number of nitrogens with two attached hydrogens (primary N) is 1. The lowest BCUT2D eigenvalue weighted by molar-refractivity contribution is -0.131. The van der Waals surface area contributed by atoms with Crippen molar-refractivity contribution in [1.29, 1.82) is 0 Å². The number of phenols is 1. The summed E-state index contributed by atoms with van der Waals surface area (Å²) in [7, 11) is 1.51. The molecule has 0 saturated carbocycles. The van der Waals surface area contributed by atoms with Crippen molar-refractivity contribution in [3.05, 3.63) is 16.0 Å². The lowest BCUT2D eigenvalue weighted by atomic mass is 9.88. The van der Waals surface area contributed by atoms with Gasteiger partial charge in [0.1, 0.15) is 6.61 Å². The van der Waals surface area contributed by atoms with Gasteiger partial charge in [0, 0.05) is 37.7 Å². The number of hydrogen-bond donors (Lipinski definition) is 3. The molecule has 11 heteroatoms. The molecule has 3 aliphatic heterocycles. The molecule has 11 nitrogen and oxygen atoms in total. The number of carbonyl (C=O) groups excluding carboxylic acids is 2. The maximum absolute atomic E-state index is 11.7. The Morgan fingerprint density at radius 1 is 1.46 bits per heavy atom. The molecule has 28 heavy (non-hydrogen) atoms. The SMILES string of the molecule is CO[C@@]12[C@H](COC(N)=O)c3c(O)c(N=O)c(C)c(OC(C)=O)c3N1C[C@@H]1N[C@@H]12. The number of nitroso groups, excluding NO2 is 1. The maximum atomic E-state index is 11.7. The van der Waals surface area contributed by atoms with Crippen molar-refractivity contribution in [1.82, 2.24) is 5.32 Å². The number of methoxy groups -OCH3 is 1. The summed E-state index contributed by atoms with van der Waals surface area (Å²) in [6, 6.07) is 0.0181. The zero-order valence-electron chi connectivity index (χ0n) is 15.5. The highest BCUT2D eigenvalue weighted by Gasteiger charge is 2.71. The van der Waals surface area contributed by atoms with Crippen LogP contribution in [-0.2, 0) is 14.3 Å². The Bertz CT molecular complexity index is 904. The van der Waals surface area contributed by atoms with Gasteiger partial charge in [-0.25, -0.2) is 4.79 Å². The number of benzene rings is 1. The Morgan fingerprint density at radius 2 is 2.18 bits per heavy atom. The van der Waals surface area contributed by atoms with Crippen molar-refractivity contribution < 1.29 is 28.9 Å². The number of ether oxygens (including phenoxy) is 3. The number of piperazine rings is 1. The Labute approximate surface area is 159 Å². The molecule has 0 aliphatic carbocycles. The minimum atomic E-state index is -1.01. The smallest absolute Gasteiger partial charge is 0.404 e. The molecule has 4 rings (SSSR count). The van der Waals surface area contributed by atoms with Gasteiger partial charge in [0.05, 0.1) is 17.6 Å². The monoisotopic (exact) mass is 392 g/mol. The highest BCUT2D eigenvalue weighted by Crippen LogP contribution is 2.64. The number of phenolic OH excluding ortho intramolecular Hbond substituents is 1. The highest BCUT2D eigenvalue weighted by molar-refractivity contribution is 5.87. The van der Waals surface area contributed by atoms with E-state index in [9.17, 15) is 19.6 Å². The first-order chi connectivity index (χ1) is 13.3. The number of esters is 1. The van der Waals surface area contributed by atoms with E-state index in [4.69, 9.17) is 19.9 Å². The zero-order chi connectivity index (χ0) is 20.4. The molecule has 0 unspecified atom stereocenters. The van der Waals surface area contributed by atoms with Gasteiger partial charge < -0.3 is 35.3 Å². The summed E-state index contributed by atoms with van der Waals surface area (Å²) in [6.45, 7) is 3.08. The Hall–Kier alpha value is -2.92. The predicted molar refractivity (Wildman–Crippen MR) is 95.7 cm³/mol. The second-order valence-electron chi connectivity index (χ2n) is 7.10. The Morgan fingerprint density at radius 3 is 2.75 bits per heavy atom. The summed E-state index contributed by atoms with van der Waals surface area (Å²) in [6.07, 6.45) is -0.981. The van der Waals surface area contributed by atoms with Gasteiger partial charge in [0.15, 0.2) is 22.9 Å². The van der Waals surface area contributed by atoms with Crippen LogP contribution in [0, 0.1) is 11.8 Å². The quantitative estimate of drug-likeness (QED) is 0.283. The Balaban J connectivity index is 1.98. The van der Waals surface area contributed by atoms with Crippen molar-refractivity contribution in [3.63, 3.8) is 0 Å². The van der Waals surface area contributed by atoms with E-state index in [-0.39, 0.29) is 47.0 Å². The van der Waals surface area contributed by atoms with Gasteiger partial charge in [0.2, 0.25) is 0 Å². The number of rotatable bonds is 5. The fourth-order valence-corrected chi connectivity index (χ4v) is 4.68. The van der Waals surface area contributed by atoms with Crippen LogP contribution < -0.4 is 20.7 Å². The lowest BCUT2D eigenvalue weighted by Gasteiger charge is -2.38. The van der Waals surface area contributed by atoms with Crippen LogP contribution in [0.3, 0.4) is 0 Å². The molecule has 3 heterocycles. The number of fused-ring (bicyclic) bond motifs is 5. The summed E-state index contributed by atoms with van der Waals surface area (Å²) in [5, 5.41) is 17.1. The lowest BCUT2D eigenvalue weighted by Crippen LogP contribution is -2.54. The van der Waals surface area contributed by atoms with Crippen molar-refractivity contribution in [2.24, 2.45) is 10.9 Å². The van der Waals surface area contributed by atoms with Gasteiger partial charge in [-0.15, -0.1) is 4.91 Å². The van der Waals surface area contributed by atoms with Gasteiger partial charge in [-0.3, -0.25) is 4.79 Å². The third-order valence-corrected chi connectivity index (χ3v) is 5.75. The second kappa shape index (κ2) is 6.04. The minimum absolute atomic E-state index is 0.107. The van der Waals surface area contributed by atoms with Crippen molar-refractivity contribution in [3.8, 4) is 11.5 Å². The van der Waals surface area contributed by atoms with E-state index in [0.717, 1.165) is 0 Å². The molecule has 1 aromatic carbocycles. The van der Waals surface area contributed by atoms with Crippen LogP contribution in [0.5, 0.6) is 11.5 Å². The minimum Gasteiger partial charge on any atom is -0.505 e. The van der Waals surface area contributed by atoms with Gasteiger partial charge in [0.25, 0.3) is 0 Å². The molecule has 0 spiro atoms. The van der Waals surface area contributed by atoms with E-state index in [1.165, 1.54) is 21.0 Å². The number of amides is 1. The summed E-state index contributed by atoms with van der Waals surface area (Å²) < 4.78 is 16.4. The number of anilines is 1. The summed E-state index contributed by atoms with van der Waals surface area (Å²) in [5.41, 5.74) is 4.81. The van der Waals surface area contributed by atoms with Crippen LogP contribution in [0.25, 0.3) is 0 Å². The normalized spacial score (nSPS) is 29.0. The van der Waals surface area contributed by atoms with Gasteiger partial charge in [-0.1, -0.05) is 0 Å². The standard InChI is InChI=1S/C17H20N4O7/c1-6-11(20-25)13(23)10-8(5-27-16(18)24)17(26-3)15-9(19-15)4-21(17)12(10)14(6)28-7(2)22/h8-9,15,19,23H,4-5H2,1-3H3,(H2,18,24)/t8-,9+,15+,17-/m1/s1. The second-order valence-corrected chi connectivity index (χ2v) is 7.10. The number of carbonyl (C=O) groups is 2. The third kappa shape index (κ3) is 2.23. The first kappa shape index (κ1) is 18.4. The molecular formula is C17H20N4O7. The molecular weight excluding hydrogens is 372 g/mol. The Kier molecular flexibility index (Phi) is 3.98. The van der Waals surface area contributed by atoms with Gasteiger partial charge >= 0.3 is 12.1 Å². The third-order valence-electron chi connectivity index (χ3n) is 5.75. The molecule has 0 bridgehead atoms. The topological polar surface area (TPSA) is 163 Å². The number of aromatic hydroxyl groups is 1. The molecule has 1 aromatic rings. The van der Waals surface area contributed by atoms with Crippen molar-refractivity contribution in [2.75, 3.05) is 25.2 Å². The average Bonchev–Trinajstić information content (AvgIpc) is 3.24. The molecule has 4 N–H and O–H groups in total. The molecule has 4 atom stereocenters. The first-order valence-corrected chi connectivity index (χ1v) is 8.70. The largest absolute Gasteiger partial charge is 0.505 e. The fourth-order valence-electron chi connectivity index (χ4n) is 4.68. The van der Waals surface area contributed by atoms with E-state index in [1.54, 1.807) is 0 Å². The summed E-state index contributed by atoms with van der Waals surface area (Å²) in [4.78, 5) is 36.3. The zero-order valence-corrected chi connectivity index (χ0v) is 15.5. The molecule has 2 fully saturated rings. The van der Waals surface area contributed by atoms with E-state index >= 15 is 0 Å². The van der Waals surface area contributed by atoms with Crippen LogP contribution in [0.2, 0.25) is 0 Å². The van der Waals surface area contributed by atoms with Crippen molar-refractivity contribution in [2.45, 2.75) is 37.6 Å². The van der Waals surface area contributed by atoms with Crippen LogP contribution >= 0.6 is 0 Å². The predicted octanol–water partition coefficient (Wildman–Crippen LogP) is 0.719. The first-order valence-electron chi connectivity index (χ1n) is 8.70. The molecule has 2 saturated heterocycles. The fraction of sp³-hybridized carbons (Fsp3) is 0.529. The van der Waals surface area contributed by atoms with E-state index < -0.39 is 23.7 Å². The highest BCUT2D eigenvalue weighted by atomic mass is 16.6. The van der Waals surface area contributed by atoms with Crippen LogP contribution in [0.4, 0.5) is 16.2 Å². The molecule has 3 aliphatic rings. The maximum Gasteiger partial charge on any atom is 0.404 e. The number of nitrogens with one attached hydrogen (secondary N) is 1. The van der Waals surface area contributed by atoms with E-state index in [0.29, 0.717) is 12.2 Å². The number of primary amides is 1. The molecule has 0 aromatic heterocycles. The average molecular weight is 392 g/mol. The van der Waals surface area contributed by atoms with E-state index in [1.807, 2.05) is 4.90 Å². The van der Waals surface area contributed by atoms with Crippen LogP contribution in [0.15, 0.2) is 5.18 Å². The summed E-state index contributed by atoms with van der Waals surface area (Å²) >= 11 is 0. The summed E-state index contributed by atoms with van der Waals surface area (Å²) in [5.74, 6) is -1.52. The number of hydrogen-bond acceptors (Lipinski definition) is 10. The molecule has 150 valence electrons. The van der Waals surface area contributed by atoms with Crippen LogP contribution in [-0.4, -0.2) is 55.2 Å². The molecule has 1 amide bonds. The molecule has 0 radical (unpaired) electrons. The van der Waals surface area contributed by atoms with E-state index in [2.05, 4.69) is 10.5 Å².